The zero-order valence-electron chi connectivity index (χ0n) is 12.5. The lowest BCUT2D eigenvalue weighted by Gasteiger charge is -2.21. The molecule has 1 heterocycles. The number of rotatable bonds is 7. The maximum absolute atomic E-state index is 4.35. The summed E-state index contributed by atoms with van der Waals surface area (Å²) in [6.45, 7) is 5.46. The van der Waals surface area contributed by atoms with E-state index in [1.165, 1.54) is 56.1 Å². The largest absolute Gasteiger partial charge is 0.310 e. The molecular weight excluding hydrogens is 232 g/mol. The minimum absolute atomic E-state index is 0.493. The van der Waals surface area contributed by atoms with E-state index in [0.717, 1.165) is 12.5 Å². The molecule has 1 aromatic rings. The highest BCUT2D eigenvalue weighted by Gasteiger charge is 2.18. The first kappa shape index (κ1) is 14.5. The minimum atomic E-state index is 0.493. The average Bonchev–Trinajstić information content (AvgIpc) is 2.92. The maximum atomic E-state index is 4.35. The molecule has 1 saturated carbocycles. The normalized spacial score (nSPS) is 17.8. The fourth-order valence-corrected chi connectivity index (χ4v) is 3.18. The van der Waals surface area contributed by atoms with Crippen molar-refractivity contribution in [2.75, 3.05) is 6.54 Å². The van der Waals surface area contributed by atoms with Crippen molar-refractivity contribution in [1.82, 2.24) is 10.3 Å². The summed E-state index contributed by atoms with van der Waals surface area (Å²) >= 11 is 0. The van der Waals surface area contributed by atoms with Gasteiger partial charge in [0.2, 0.25) is 0 Å². The first-order valence-corrected chi connectivity index (χ1v) is 7.94. The summed E-state index contributed by atoms with van der Waals surface area (Å²) in [4.78, 5) is 4.35. The minimum Gasteiger partial charge on any atom is -0.310 e. The molecule has 106 valence electrons. The number of aryl methyl sites for hydroxylation is 1. The Morgan fingerprint density at radius 3 is 2.79 bits per heavy atom. The molecule has 0 saturated heterocycles. The Bertz CT molecular complexity index is 369. The van der Waals surface area contributed by atoms with Gasteiger partial charge in [-0.3, -0.25) is 4.98 Å². The van der Waals surface area contributed by atoms with Crippen molar-refractivity contribution in [2.24, 2.45) is 5.92 Å². The molecule has 2 nitrogen and oxygen atoms in total. The highest BCUT2D eigenvalue weighted by Crippen LogP contribution is 2.31. The van der Waals surface area contributed by atoms with E-state index in [2.05, 4.69) is 30.2 Å². The van der Waals surface area contributed by atoms with Gasteiger partial charge in [-0.1, -0.05) is 38.7 Å². The molecule has 0 amide bonds. The highest BCUT2D eigenvalue weighted by atomic mass is 14.9. The number of pyridine rings is 1. The van der Waals surface area contributed by atoms with Gasteiger partial charge in [-0.25, -0.2) is 0 Å². The summed E-state index contributed by atoms with van der Waals surface area (Å²) in [5.74, 6) is 0.976. The summed E-state index contributed by atoms with van der Waals surface area (Å²) in [6.07, 6.45) is 13.6. The van der Waals surface area contributed by atoms with Gasteiger partial charge < -0.3 is 5.32 Å². The Morgan fingerprint density at radius 1 is 1.32 bits per heavy atom. The second-order valence-electron chi connectivity index (χ2n) is 6.03. The van der Waals surface area contributed by atoms with Crippen molar-refractivity contribution >= 4 is 0 Å². The lowest BCUT2D eigenvalue weighted by atomic mass is 9.95. The van der Waals surface area contributed by atoms with Gasteiger partial charge >= 0.3 is 0 Å². The van der Waals surface area contributed by atoms with Gasteiger partial charge in [0, 0.05) is 18.4 Å². The third-order valence-corrected chi connectivity index (χ3v) is 4.28. The van der Waals surface area contributed by atoms with E-state index in [-0.39, 0.29) is 0 Å². The fourth-order valence-electron chi connectivity index (χ4n) is 3.18. The summed E-state index contributed by atoms with van der Waals surface area (Å²) in [7, 11) is 0. The molecule has 2 rings (SSSR count). The summed E-state index contributed by atoms with van der Waals surface area (Å²) in [5, 5.41) is 3.70. The van der Waals surface area contributed by atoms with Gasteiger partial charge in [-0.2, -0.15) is 0 Å². The Labute approximate surface area is 118 Å². The summed E-state index contributed by atoms with van der Waals surface area (Å²) < 4.78 is 0. The van der Waals surface area contributed by atoms with Crippen molar-refractivity contribution in [3.05, 3.63) is 29.6 Å². The topological polar surface area (TPSA) is 24.9 Å². The van der Waals surface area contributed by atoms with Crippen molar-refractivity contribution in [3.8, 4) is 0 Å². The molecule has 0 aromatic carbocycles. The quantitative estimate of drug-likeness (QED) is 0.786. The van der Waals surface area contributed by atoms with Crippen LogP contribution in [0, 0.1) is 12.8 Å². The van der Waals surface area contributed by atoms with Gasteiger partial charge in [0.05, 0.1) is 0 Å². The number of nitrogens with zero attached hydrogens (tertiary/aromatic N) is 1. The third kappa shape index (κ3) is 4.61. The lowest BCUT2D eigenvalue weighted by molar-refractivity contribution is 0.411. The second kappa shape index (κ2) is 7.64. The predicted molar refractivity (Wildman–Crippen MR) is 81.2 cm³/mol. The monoisotopic (exact) mass is 260 g/mol. The van der Waals surface area contributed by atoms with Gasteiger partial charge in [-0.05, 0) is 49.8 Å². The van der Waals surface area contributed by atoms with E-state index < -0.39 is 0 Å². The molecule has 0 radical (unpaired) electrons. The molecule has 2 heteroatoms. The van der Waals surface area contributed by atoms with Crippen LogP contribution in [0.3, 0.4) is 0 Å². The van der Waals surface area contributed by atoms with E-state index in [9.17, 15) is 0 Å². The number of hydrogen-bond donors (Lipinski definition) is 1. The number of nitrogens with one attached hydrogen (secondary N) is 1. The Kier molecular flexibility index (Phi) is 5.84. The molecule has 1 N–H and O–H groups in total. The van der Waals surface area contributed by atoms with Gasteiger partial charge in [-0.15, -0.1) is 0 Å². The summed E-state index contributed by atoms with van der Waals surface area (Å²) in [5.41, 5.74) is 2.63. The molecule has 0 spiro atoms. The van der Waals surface area contributed by atoms with E-state index in [4.69, 9.17) is 0 Å². The number of hydrogen-bond acceptors (Lipinski definition) is 2. The van der Waals surface area contributed by atoms with Crippen LogP contribution < -0.4 is 5.32 Å². The van der Waals surface area contributed by atoms with E-state index in [1.54, 1.807) is 0 Å². The third-order valence-electron chi connectivity index (χ3n) is 4.28. The van der Waals surface area contributed by atoms with E-state index in [1.807, 2.05) is 12.4 Å². The molecule has 1 aliphatic carbocycles. The van der Waals surface area contributed by atoms with Gasteiger partial charge in [0.25, 0.3) is 0 Å². The molecule has 1 fully saturated rings. The van der Waals surface area contributed by atoms with Crippen molar-refractivity contribution in [3.63, 3.8) is 0 Å². The molecular formula is C17H28N2. The molecule has 0 bridgehead atoms. The molecule has 1 unspecified atom stereocenters. The number of aromatic nitrogens is 1. The van der Waals surface area contributed by atoms with Gasteiger partial charge in [0.1, 0.15) is 0 Å². The van der Waals surface area contributed by atoms with Crippen LogP contribution in [0.2, 0.25) is 0 Å². The van der Waals surface area contributed by atoms with Crippen LogP contribution in [0.15, 0.2) is 18.5 Å². The predicted octanol–water partition coefficient (Wildman–Crippen LogP) is 4.40. The zero-order chi connectivity index (χ0) is 13.5. The first-order valence-electron chi connectivity index (χ1n) is 7.94. The molecule has 1 aliphatic rings. The Hall–Kier alpha value is -0.890. The smallest absolute Gasteiger partial charge is 0.0335 e. The Balaban J connectivity index is 1.94. The van der Waals surface area contributed by atoms with Crippen molar-refractivity contribution in [2.45, 2.75) is 64.8 Å². The van der Waals surface area contributed by atoms with Crippen LogP contribution in [0.4, 0.5) is 0 Å². The maximum Gasteiger partial charge on any atom is 0.0335 e. The van der Waals surface area contributed by atoms with Crippen LogP contribution >= 0.6 is 0 Å². The van der Waals surface area contributed by atoms with Crippen LogP contribution in [0.5, 0.6) is 0 Å². The average molecular weight is 260 g/mol. The first-order chi connectivity index (χ1) is 9.29. The van der Waals surface area contributed by atoms with Gasteiger partial charge in [0.15, 0.2) is 0 Å². The molecule has 19 heavy (non-hydrogen) atoms. The molecule has 1 atom stereocenters. The summed E-state index contributed by atoms with van der Waals surface area (Å²) in [6, 6.07) is 2.78. The fraction of sp³-hybridized carbons (Fsp3) is 0.706. The van der Waals surface area contributed by atoms with E-state index in [0.29, 0.717) is 6.04 Å². The standard InChI is InChI=1S/C17H28N2/c1-3-10-19-17(9-8-15-6-4-5-7-15)16-11-14(2)12-18-13-16/h11-13,15,17,19H,3-10H2,1-2H3. The molecule has 1 aromatic heterocycles. The van der Waals surface area contributed by atoms with E-state index >= 15 is 0 Å². The Morgan fingerprint density at radius 2 is 2.11 bits per heavy atom. The lowest BCUT2D eigenvalue weighted by Crippen LogP contribution is -2.23. The van der Waals surface area contributed by atoms with Crippen LogP contribution in [0.1, 0.15) is 69.0 Å². The molecule has 0 aliphatic heterocycles. The van der Waals surface area contributed by atoms with Crippen LogP contribution in [0.25, 0.3) is 0 Å². The van der Waals surface area contributed by atoms with Crippen molar-refractivity contribution in [1.29, 1.82) is 0 Å². The highest BCUT2D eigenvalue weighted by molar-refractivity contribution is 5.20. The zero-order valence-corrected chi connectivity index (χ0v) is 12.5. The van der Waals surface area contributed by atoms with Crippen LogP contribution in [-0.4, -0.2) is 11.5 Å². The SMILES string of the molecule is CCCNC(CCC1CCCC1)c1cncc(C)c1. The second-order valence-corrected chi connectivity index (χ2v) is 6.03. The van der Waals surface area contributed by atoms with Crippen LogP contribution in [-0.2, 0) is 0 Å². The van der Waals surface area contributed by atoms with Crippen molar-refractivity contribution < 1.29 is 0 Å².